The molecule has 1 aromatic rings. The molecule has 1 atom stereocenters. The summed E-state index contributed by atoms with van der Waals surface area (Å²) in [4.78, 5) is 2.42. The minimum Gasteiger partial charge on any atom is -0.398 e. The molecule has 2 rings (SSSR count). The molecule has 3 N–H and O–H groups in total. The van der Waals surface area contributed by atoms with Crippen LogP contribution < -0.4 is 15.4 Å². The van der Waals surface area contributed by atoms with Gasteiger partial charge in [-0.3, -0.25) is 0 Å². The maximum absolute atomic E-state index is 11.8. The monoisotopic (exact) mass is 311 g/mol. The van der Waals surface area contributed by atoms with Crippen molar-refractivity contribution in [2.24, 2.45) is 11.3 Å². The van der Waals surface area contributed by atoms with Crippen LogP contribution in [-0.4, -0.2) is 28.6 Å². The van der Waals surface area contributed by atoms with Gasteiger partial charge >= 0.3 is 0 Å². The Bertz CT molecular complexity index is 620. The van der Waals surface area contributed by atoms with Crippen LogP contribution in [0.2, 0.25) is 0 Å². The molecule has 6 heteroatoms. The zero-order valence-electron chi connectivity index (χ0n) is 13.2. The molecule has 0 radical (unpaired) electrons. The molecule has 1 aliphatic heterocycles. The first-order valence-corrected chi connectivity index (χ1v) is 8.71. The number of nitrogens with one attached hydrogen (secondary N) is 1. The van der Waals surface area contributed by atoms with Crippen LogP contribution >= 0.6 is 0 Å². The lowest BCUT2D eigenvalue weighted by Gasteiger charge is -2.27. The third kappa shape index (κ3) is 3.32. The van der Waals surface area contributed by atoms with Gasteiger partial charge in [-0.2, -0.15) is 0 Å². The maximum Gasteiger partial charge on any atom is 0.242 e. The summed E-state index contributed by atoms with van der Waals surface area (Å²) < 4.78 is 26.0. The van der Waals surface area contributed by atoms with Gasteiger partial charge in [-0.05, 0) is 43.0 Å². The van der Waals surface area contributed by atoms with Crippen molar-refractivity contribution in [2.75, 3.05) is 30.8 Å². The second-order valence-electron chi connectivity index (χ2n) is 6.73. The van der Waals surface area contributed by atoms with Crippen molar-refractivity contribution in [3.8, 4) is 0 Å². The molecule has 1 unspecified atom stereocenters. The molecule has 1 aliphatic rings. The average molecular weight is 311 g/mol. The van der Waals surface area contributed by atoms with Crippen LogP contribution in [-0.2, 0) is 10.0 Å². The van der Waals surface area contributed by atoms with Gasteiger partial charge in [0.25, 0.3) is 0 Å². The molecule has 0 spiro atoms. The normalized spacial score (nSPS) is 20.0. The number of benzene rings is 1. The van der Waals surface area contributed by atoms with E-state index in [0.717, 1.165) is 25.2 Å². The molecule has 0 bridgehead atoms. The topological polar surface area (TPSA) is 75.4 Å². The fourth-order valence-electron chi connectivity index (χ4n) is 2.79. The van der Waals surface area contributed by atoms with Gasteiger partial charge in [-0.25, -0.2) is 13.1 Å². The number of hydrogen-bond acceptors (Lipinski definition) is 4. The summed E-state index contributed by atoms with van der Waals surface area (Å²) in [6, 6.07) is 5.18. The highest BCUT2D eigenvalue weighted by molar-refractivity contribution is 7.89. The number of sulfonamides is 1. The molecule has 118 valence electrons. The number of rotatable bonds is 3. The molecule has 1 heterocycles. The highest BCUT2D eigenvalue weighted by atomic mass is 32.2. The average Bonchev–Trinajstić information content (AvgIpc) is 2.87. The summed E-state index contributed by atoms with van der Waals surface area (Å²) >= 11 is 0. The third-order valence-corrected chi connectivity index (χ3v) is 5.82. The molecule has 1 saturated heterocycles. The molecular weight excluding hydrogens is 286 g/mol. The van der Waals surface area contributed by atoms with Gasteiger partial charge in [0.05, 0.1) is 5.69 Å². The quantitative estimate of drug-likeness (QED) is 0.838. The first-order valence-electron chi connectivity index (χ1n) is 7.23. The van der Waals surface area contributed by atoms with Crippen LogP contribution in [0.15, 0.2) is 23.1 Å². The largest absolute Gasteiger partial charge is 0.398 e. The van der Waals surface area contributed by atoms with E-state index in [1.807, 2.05) is 6.07 Å². The van der Waals surface area contributed by atoms with Crippen molar-refractivity contribution in [3.05, 3.63) is 18.2 Å². The molecule has 0 aromatic heterocycles. The van der Waals surface area contributed by atoms with Crippen LogP contribution in [0.5, 0.6) is 0 Å². The van der Waals surface area contributed by atoms with E-state index in [0.29, 0.717) is 11.6 Å². The van der Waals surface area contributed by atoms with E-state index >= 15 is 0 Å². The summed E-state index contributed by atoms with van der Waals surface area (Å²) in [5.41, 5.74) is 7.50. The fourth-order valence-corrected chi connectivity index (χ4v) is 3.63. The van der Waals surface area contributed by atoms with Crippen LogP contribution in [0.1, 0.15) is 27.2 Å². The predicted molar refractivity (Wildman–Crippen MR) is 86.9 cm³/mol. The van der Waals surface area contributed by atoms with Crippen molar-refractivity contribution in [3.63, 3.8) is 0 Å². The minimum atomic E-state index is -3.50. The Morgan fingerprint density at radius 2 is 2.00 bits per heavy atom. The van der Waals surface area contributed by atoms with Crippen LogP contribution in [0.25, 0.3) is 0 Å². The first-order chi connectivity index (χ1) is 9.65. The lowest BCUT2D eigenvalue weighted by molar-refractivity contribution is 0.263. The Hall–Kier alpha value is -1.27. The smallest absolute Gasteiger partial charge is 0.242 e. The number of hydrogen-bond donors (Lipinski definition) is 2. The SMILES string of the molecule is CNS(=O)(=O)c1ccc(N2CCC(C(C)(C)C)C2)cc1N. The van der Waals surface area contributed by atoms with Crippen LogP contribution in [0.4, 0.5) is 11.4 Å². The fraction of sp³-hybridized carbons (Fsp3) is 0.600. The van der Waals surface area contributed by atoms with E-state index in [4.69, 9.17) is 5.73 Å². The van der Waals surface area contributed by atoms with Gasteiger partial charge in [0, 0.05) is 18.8 Å². The molecule has 0 amide bonds. The molecule has 1 fully saturated rings. The lowest BCUT2D eigenvalue weighted by Crippen LogP contribution is -2.26. The lowest BCUT2D eigenvalue weighted by atomic mass is 9.80. The predicted octanol–water partition coefficient (Wildman–Crippen LogP) is 2.05. The number of nitrogens with zero attached hydrogens (tertiary/aromatic N) is 1. The molecule has 0 aliphatic carbocycles. The second-order valence-corrected chi connectivity index (χ2v) is 8.58. The van der Waals surface area contributed by atoms with Crippen LogP contribution in [0, 0.1) is 11.3 Å². The van der Waals surface area contributed by atoms with Gasteiger partial charge in [0.2, 0.25) is 10.0 Å². The molecule has 1 aromatic carbocycles. The van der Waals surface area contributed by atoms with E-state index in [1.54, 1.807) is 12.1 Å². The molecule has 21 heavy (non-hydrogen) atoms. The molecule has 0 saturated carbocycles. The number of nitrogens with two attached hydrogens (primary N) is 1. The van der Waals surface area contributed by atoms with Gasteiger partial charge in [-0.15, -0.1) is 0 Å². The van der Waals surface area contributed by atoms with E-state index in [9.17, 15) is 8.42 Å². The van der Waals surface area contributed by atoms with Gasteiger partial charge in [0.1, 0.15) is 4.90 Å². The van der Waals surface area contributed by atoms with Crippen molar-refractivity contribution >= 4 is 21.4 Å². The first kappa shape index (κ1) is 16.1. The Morgan fingerprint density at radius 3 is 2.48 bits per heavy atom. The zero-order valence-corrected chi connectivity index (χ0v) is 14.0. The van der Waals surface area contributed by atoms with Crippen LogP contribution in [0.3, 0.4) is 0 Å². The van der Waals surface area contributed by atoms with E-state index in [1.165, 1.54) is 7.05 Å². The van der Waals surface area contributed by atoms with E-state index in [-0.39, 0.29) is 10.3 Å². The highest BCUT2D eigenvalue weighted by Gasteiger charge is 2.32. The Labute approximate surface area is 127 Å². The molecule has 5 nitrogen and oxygen atoms in total. The number of nitrogen functional groups attached to an aromatic ring is 1. The van der Waals surface area contributed by atoms with Crippen molar-refractivity contribution < 1.29 is 8.42 Å². The van der Waals surface area contributed by atoms with Crippen molar-refractivity contribution in [1.82, 2.24) is 4.72 Å². The summed E-state index contributed by atoms with van der Waals surface area (Å²) in [6.07, 6.45) is 1.15. The van der Waals surface area contributed by atoms with Gasteiger partial charge < -0.3 is 10.6 Å². The summed E-state index contributed by atoms with van der Waals surface area (Å²) in [5, 5.41) is 0. The Balaban J connectivity index is 2.23. The van der Waals surface area contributed by atoms with Crippen molar-refractivity contribution in [1.29, 1.82) is 0 Å². The van der Waals surface area contributed by atoms with Gasteiger partial charge in [0.15, 0.2) is 0 Å². The summed E-state index contributed by atoms with van der Waals surface area (Å²) in [5.74, 6) is 0.638. The second kappa shape index (κ2) is 5.50. The summed E-state index contributed by atoms with van der Waals surface area (Å²) in [7, 11) is -2.11. The van der Waals surface area contributed by atoms with E-state index in [2.05, 4.69) is 30.4 Å². The standard InChI is InChI=1S/C15H25N3O2S/c1-15(2,3)11-7-8-18(10-11)12-5-6-14(13(16)9-12)21(19,20)17-4/h5-6,9,11,17H,7-8,10,16H2,1-4H3. The van der Waals surface area contributed by atoms with Crippen molar-refractivity contribution in [2.45, 2.75) is 32.1 Å². The Kier molecular flexibility index (Phi) is 4.22. The highest BCUT2D eigenvalue weighted by Crippen LogP contribution is 2.36. The zero-order chi connectivity index (χ0) is 15.8. The Morgan fingerprint density at radius 1 is 1.33 bits per heavy atom. The van der Waals surface area contributed by atoms with Gasteiger partial charge in [-0.1, -0.05) is 20.8 Å². The van der Waals surface area contributed by atoms with E-state index < -0.39 is 10.0 Å². The molecular formula is C15H25N3O2S. The maximum atomic E-state index is 11.8. The minimum absolute atomic E-state index is 0.139. The summed E-state index contributed by atoms with van der Waals surface area (Å²) in [6.45, 7) is 8.76. The number of anilines is 2. The third-order valence-electron chi connectivity index (χ3n) is 4.33.